The van der Waals surface area contributed by atoms with Gasteiger partial charge in [-0.15, -0.1) is 4.40 Å². The number of carbonyl (C=O) groups excluding carboxylic acids is 1. The van der Waals surface area contributed by atoms with Gasteiger partial charge in [0.1, 0.15) is 0 Å². The minimum atomic E-state index is -4.06. The van der Waals surface area contributed by atoms with Crippen molar-refractivity contribution < 1.29 is 17.9 Å². The summed E-state index contributed by atoms with van der Waals surface area (Å²) in [5, 5.41) is 0. The number of nitrogens with zero attached hydrogens (tertiary/aromatic N) is 1. The maximum Gasteiger partial charge on any atom is 0.285 e. The van der Waals surface area contributed by atoms with Crippen LogP contribution in [-0.2, 0) is 21.2 Å². The van der Waals surface area contributed by atoms with Crippen LogP contribution in [-0.4, -0.2) is 26.7 Å². The van der Waals surface area contributed by atoms with Gasteiger partial charge in [0.15, 0.2) is 5.78 Å². The van der Waals surface area contributed by atoms with Crippen LogP contribution >= 0.6 is 15.9 Å². The fourth-order valence-corrected chi connectivity index (χ4v) is 4.58. The number of ether oxygens (including phenoxy) is 1. The minimum absolute atomic E-state index is 0.0508. The van der Waals surface area contributed by atoms with Crippen molar-refractivity contribution in [2.75, 3.05) is 6.61 Å². The zero-order chi connectivity index (χ0) is 23.8. The molecule has 0 bridgehead atoms. The van der Waals surface area contributed by atoms with Gasteiger partial charge in [0.25, 0.3) is 10.0 Å². The normalized spacial score (nSPS) is 12.8. The van der Waals surface area contributed by atoms with E-state index < -0.39 is 10.0 Å². The van der Waals surface area contributed by atoms with Gasteiger partial charge in [0, 0.05) is 17.6 Å². The molecule has 0 spiro atoms. The summed E-state index contributed by atoms with van der Waals surface area (Å²) >= 11 is 3.42. The molecule has 0 fully saturated rings. The Morgan fingerprint density at radius 1 is 0.909 bits per heavy atom. The molecule has 0 heterocycles. The molecule has 0 amide bonds. The van der Waals surface area contributed by atoms with E-state index in [0.717, 1.165) is 11.1 Å². The lowest BCUT2D eigenvalue weighted by Crippen LogP contribution is -2.17. The predicted molar refractivity (Wildman–Crippen MR) is 134 cm³/mol. The first-order valence-electron chi connectivity index (χ1n) is 10.4. The van der Waals surface area contributed by atoms with Gasteiger partial charge >= 0.3 is 0 Å². The van der Waals surface area contributed by atoms with Crippen molar-refractivity contribution in [1.82, 2.24) is 0 Å². The van der Waals surface area contributed by atoms with E-state index in [0.29, 0.717) is 11.1 Å². The highest BCUT2D eigenvalue weighted by molar-refractivity contribution is 9.12. The van der Waals surface area contributed by atoms with E-state index in [1.54, 1.807) is 43.3 Å². The maximum atomic E-state index is 13.2. The molecule has 0 unspecified atom stereocenters. The quantitative estimate of drug-likeness (QED) is 0.159. The predicted octanol–water partition coefficient (Wildman–Crippen LogP) is 5.89. The second-order valence-electron chi connectivity index (χ2n) is 7.27. The molecule has 3 aromatic rings. The molecular formula is C26H24BrNO4S. The standard InChI is InChI=1S/C26H24BrNO4S/c1-3-32-26(28-33(30,31)22-16-14-19(2)15-17-22)23(18-20-10-6-4-7-11-20)24(27)25(29)21-12-8-5-9-13-21/h4-17H,3,18H2,1-2H3/b24-23+,28-26-. The summed E-state index contributed by atoms with van der Waals surface area (Å²) in [7, 11) is -4.06. The number of benzene rings is 3. The van der Waals surface area contributed by atoms with E-state index >= 15 is 0 Å². The van der Waals surface area contributed by atoms with Crippen LogP contribution in [0.3, 0.4) is 0 Å². The van der Waals surface area contributed by atoms with Crippen molar-refractivity contribution in [3.8, 4) is 0 Å². The Kier molecular flexibility index (Phi) is 8.36. The molecule has 3 rings (SSSR count). The van der Waals surface area contributed by atoms with Crippen LogP contribution in [0.25, 0.3) is 0 Å². The van der Waals surface area contributed by atoms with Crippen LogP contribution in [0.15, 0.2) is 104 Å². The van der Waals surface area contributed by atoms with E-state index in [2.05, 4.69) is 20.3 Å². The number of Topliss-reactive ketones (excluding diaryl/α,β-unsaturated/α-hetero) is 1. The van der Waals surface area contributed by atoms with Crippen LogP contribution in [0, 0.1) is 6.92 Å². The number of hydrogen-bond acceptors (Lipinski definition) is 4. The highest BCUT2D eigenvalue weighted by Crippen LogP contribution is 2.25. The molecule has 5 nitrogen and oxygen atoms in total. The summed E-state index contributed by atoms with van der Waals surface area (Å²) in [4.78, 5) is 13.2. The number of aryl methyl sites for hydroxylation is 1. The van der Waals surface area contributed by atoms with E-state index in [1.807, 2.05) is 43.3 Å². The largest absolute Gasteiger partial charge is 0.477 e. The third kappa shape index (κ3) is 6.49. The summed E-state index contributed by atoms with van der Waals surface area (Å²) in [6.07, 6.45) is 0.252. The van der Waals surface area contributed by atoms with Gasteiger partial charge < -0.3 is 4.74 Å². The molecular weight excluding hydrogens is 502 g/mol. The Morgan fingerprint density at radius 3 is 2.06 bits per heavy atom. The fourth-order valence-electron chi connectivity index (χ4n) is 3.08. The lowest BCUT2D eigenvalue weighted by molar-refractivity contribution is 0.104. The number of carbonyl (C=O) groups is 1. The topological polar surface area (TPSA) is 72.8 Å². The minimum Gasteiger partial charge on any atom is -0.477 e. The van der Waals surface area contributed by atoms with Crippen LogP contribution in [0.1, 0.15) is 28.4 Å². The third-order valence-electron chi connectivity index (χ3n) is 4.79. The first-order chi connectivity index (χ1) is 15.8. The number of allylic oxidation sites excluding steroid dienone is 1. The van der Waals surface area contributed by atoms with Crippen LogP contribution in [0.5, 0.6) is 0 Å². The summed E-state index contributed by atoms with van der Waals surface area (Å²) in [5.74, 6) is -0.403. The number of ketones is 1. The Balaban J connectivity index is 2.15. The average molecular weight is 526 g/mol. The molecule has 0 atom stereocenters. The van der Waals surface area contributed by atoms with E-state index in [1.165, 1.54) is 12.1 Å². The molecule has 0 aliphatic carbocycles. The van der Waals surface area contributed by atoms with Gasteiger partial charge in [0.05, 0.1) is 16.0 Å². The van der Waals surface area contributed by atoms with Crippen molar-refractivity contribution in [1.29, 1.82) is 0 Å². The van der Waals surface area contributed by atoms with Gasteiger partial charge in [-0.1, -0.05) is 78.4 Å². The zero-order valence-electron chi connectivity index (χ0n) is 18.4. The lowest BCUT2D eigenvalue weighted by atomic mass is 10.0. The number of hydrogen-bond donors (Lipinski definition) is 0. The van der Waals surface area contributed by atoms with Crippen LogP contribution < -0.4 is 0 Å². The molecule has 33 heavy (non-hydrogen) atoms. The molecule has 0 saturated heterocycles. The van der Waals surface area contributed by atoms with Crippen molar-refractivity contribution in [3.63, 3.8) is 0 Å². The fraction of sp³-hybridized carbons (Fsp3) is 0.154. The molecule has 7 heteroatoms. The SMILES string of the molecule is CCOC(=N\S(=O)(=O)c1ccc(C)cc1)/C(Cc1ccccc1)=C(/Br)C(=O)c1ccccc1. The van der Waals surface area contributed by atoms with Crippen molar-refractivity contribution >= 4 is 37.6 Å². The van der Waals surface area contributed by atoms with E-state index in [4.69, 9.17) is 4.74 Å². The molecule has 0 aliphatic heterocycles. The molecule has 0 aliphatic rings. The highest BCUT2D eigenvalue weighted by atomic mass is 79.9. The van der Waals surface area contributed by atoms with Gasteiger partial charge in [-0.2, -0.15) is 8.42 Å². The van der Waals surface area contributed by atoms with Crippen molar-refractivity contribution in [2.24, 2.45) is 4.40 Å². The van der Waals surface area contributed by atoms with Gasteiger partial charge in [-0.25, -0.2) is 0 Å². The lowest BCUT2D eigenvalue weighted by Gasteiger charge is -2.15. The first kappa shape index (κ1) is 24.6. The molecule has 0 N–H and O–H groups in total. The van der Waals surface area contributed by atoms with Crippen LogP contribution in [0.2, 0.25) is 0 Å². The zero-order valence-corrected chi connectivity index (χ0v) is 20.8. The molecule has 0 radical (unpaired) electrons. The molecule has 0 aromatic heterocycles. The molecule has 3 aromatic carbocycles. The van der Waals surface area contributed by atoms with Gasteiger partial charge in [-0.3, -0.25) is 4.79 Å². The average Bonchev–Trinajstić information content (AvgIpc) is 2.83. The summed E-state index contributed by atoms with van der Waals surface area (Å²) < 4.78 is 36.0. The number of halogens is 1. The van der Waals surface area contributed by atoms with Crippen molar-refractivity contribution in [3.05, 3.63) is 112 Å². The van der Waals surface area contributed by atoms with Crippen molar-refractivity contribution in [2.45, 2.75) is 25.2 Å². The molecule has 170 valence electrons. The maximum absolute atomic E-state index is 13.2. The van der Waals surface area contributed by atoms with Crippen LogP contribution in [0.4, 0.5) is 0 Å². The Hall–Kier alpha value is -3.03. The number of sulfonamides is 1. The Bertz CT molecular complexity index is 1270. The highest BCUT2D eigenvalue weighted by Gasteiger charge is 2.24. The van der Waals surface area contributed by atoms with Gasteiger partial charge in [0.2, 0.25) is 5.90 Å². The monoisotopic (exact) mass is 525 g/mol. The third-order valence-corrected chi connectivity index (χ3v) is 6.90. The second-order valence-corrected chi connectivity index (χ2v) is 9.66. The Labute approximate surface area is 203 Å². The van der Waals surface area contributed by atoms with E-state index in [-0.39, 0.29) is 34.1 Å². The summed E-state index contributed by atoms with van der Waals surface area (Å²) in [6, 6.07) is 24.6. The summed E-state index contributed by atoms with van der Waals surface area (Å²) in [5.41, 5.74) is 2.63. The molecule has 0 saturated carbocycles. The van der Waals surface area contributed by atoms with E-state index in [9.17, 15) is 13.2 Å². The first-order valence-corrected chi connectivity index (χ1v) is 12.6. The smallest absolute Gasteiger partial charge is 0.285 e. The second kappa shape index (κ2) is 11.2. The number of rotatable bonds is 8. The summed E-state index contributed by atoms with van der Waals surface area (Å²) in [6.45, 7) is 3.79. The van der Waals surface area contributed by atoms with Gasteiger partial charge in [-0.05, 0) is 47.5 Å². The Morgan fingerprint density at radius 2 is 1.48 bits per heavy atom.